The Kier molecular flexibility index (Phi) is 4.17. The van der Waals surface area contributed by atoms with Gasteiger partial charge in [0, 0.05) is 17.3 Å². The minimum atomic E-state index is -0.0874. The van der Waals surface area contributed by atoms with Gasteiger partial charge in [-0.3, -0.25) is 4.79 Å². The molecule has 3 rings (SSSR count). The molecule has 23 heavy (non-hydrogen) atoms. The van der Waals surface area contributed by atoms with E-state index in [2.05, 4.69) is 29.1 Å². The molecule has 0 fully saturated rings. The van der Waals surface area contributed by atoms with E-state index >= 15 is 0 Å². The molecule has 0 radical (unpaired) electrons. The highest BCUT2D eigenvalue weighted by Gasteiger charge is 2.18. The molecule has 0 saturated heterocycles. The second-order valence-electron chi connectivity index (χ2n) is 5.69. The quantitative estimate of drug-likeness (QED) is 0.796. The van der Waals surface area contributed by atoms with Crippen LogP contribution in [0.3, 0.4) is 0 Å². The van der Waals surface area contributed by atoms with Crippen molar-refractivity contribution in [3.05, 3.63) is 51.4 Å². The molecular formula is C17H20N4OS. The lowest BCUT2D eigenvalue weighted by Gasteiger charge is -2.14. The van der Waals surface area contributed by atoms with Crippen molar-refractivity contribution in [1.82, 2.24) is 19.7 Å². The van der Waals surface area contributed by atoms with Crippen molar-refractivity contribution >= 4 is 22.9 Å². The van der Waals surface area contributed by atoms with E-state index in [4.69, 9.17) is 0 Å². The lowest BCUT2D eigenvalue weighted by Crippen LogP contribution is -2.28. The van der Waals surface area contributed by atoms with Crippen molar-refractivity contribution in [2.75, 3.05) is 0 Å². The summed E-state index contributed by atoms with van der Waals surface area (Å²) in [6, 6.07) is 3.61. The number of fused-ring (bicyclic) bond motifs is 1. The van der Waals surface area contributed by atoms with Gasteiger partial charge >= 0.3 is 0 Å². The number of hydrogen-bond acceptors (Lipinski definition) is 4. The first-order chi connectivity index (χ1) is 11.0. The fourth-order valence-corrected chi connectivity index (χ4v) is 3.54. The number of aryl methyl sites for hydroxylation is 3. The molecular weight excluding hydrogens is 308 g/mol. The number of pyridine rings is 1. The average molecular weight is 328 g/mol. The van der Waals surface area contributed by atoms with Gasteiger partial charge in [0.05, 0.1) is 23.0 Å². The Bertz CT molecular complexity index is 845. The van der Waals surface area contributed by atoms with Crippen LogP contribution in [0.25, 0.3) is 5.65 Å². The van der Waals surface area contributed by atoms with Crippen LogP contribution in [0, 0.1) is 20.8 Å². The van der Waals surface area contributed by atoms with Gasteiger partial charge in [-0.05, 0) is 39.3 Å². The van der Waals surface area contributed by atoms with E-state index in [1.165, 1.54) is 4.88 Å². The second-order valence-corrected chi connectivity index (χ2v) is 6.93. The van der Waals surface area contributed by atoms with E-state index in [0.717, 1.165) is 28.5 Å². The average Bonchev–Trinajstić information content (AvgIpc) is 3.05. The van der Waals surface area contributed by atoms with Gasteiger partial charge in [0.2, 0.25) is 0 Å². The third kappa shape index (κ3) is 3.12. The molecule has 0 aromatic carbocycles. The first kappa shape index (κ1) is 15.7. The molecule has 1 atom stereocenters. The Labute approximate surface area is 139 Å². The normalized spacial score (nSPS) is 12.5. The minimum absolute atomic E-state index is 0.0554. The first-order valence-corrected chi connectivity index (χ1v) is 8.49. The summed E-state index contributed by atoms with van der Waals surface area (Å²) in [6.45, 7) is 8.05. The number of amides is 1. The molecule has 120 valence electrons. The van der Waals surface area contributed by atoms with Crippen LogP contribution in [0.5, 0.6) is 0 Å². The maximum atomic E-state index is 12.6. The summed E-state index contributed by atoms with van der Waals surface area (Å²) in [5.74, 6) is -0.0874. The zero-order valence-electron chi connectivity index (χ0n) is 13.8. The van der Waals surface area contributed by atoms with Gasteiger partial charge < -0.3 is 9.72 Å². The highest BCUT2D eigenvalue weighted by Crippen LogP contribution is 2.25. The minimum Gasteiger partial charge on any atom is -0.343 e. The summed E-state index contributed by atoms with van der Waals surface area (Å²) in [5, 5.41) is 4.05. The van der Waals surface area contributed by atoms with Gasteiger partial charge in [-0.25, -0.2) is 9.97 Å². The predicted octanol–water partition coefficient (Wildman–Crippen LogP) is 3.60. The van der Waals surface area contributed by atoms with E-state index in [9.17, 15) is 4.79 Å². The molecule has 3 heterocycles. The molecule has 0 unspecified atom stereocenters. The third-order valence-electron chi connectivity index (χ3n) is 3.89. The SMILES string of the molecule is CC[C@@H](NC(=O)c1ccc2nc(C)cn2c1)c1nc(C)c(C)s1. The van der Waals surface area contributed by atoms with Crippen LogP contribution in [0.4, 0.5) is 0 Å². The molecule has 3 aromatic heterocycles. The molecule has 1 N–H and O–H groups in total. The van der Waals surface area contributed by atoms with Crippen LogP contribution < -0.4 is 5.32 Å². The Hall–Kier alpha value is -2.21. The molecule has 5 nitrogen and oxygen atoms in total. The number of rotatable bonds is 4. The Morgan fingerprint density at radius 3 is 2.70 bits per heavy atom. The summed E-state index contributed by atoms with van der Waals surface area (Å²) in [5.41, 5.74) is 3.44. The summed E-state index contributed by atoms with van der Waals surface area (Å²) in [6.07, 6.45) is 4.54. The maximum Gasteiger partial charge on any atom is 0.253 e. The van der Waals surface area contributed by atoms with Gasteiger partial charge in [0.15, 0.2) is 0 Å². The van der Waals surface area contributed by atoms with Crippen molar-refractivity contribution in [2.45, 2.75) is 40.2 Å². The zero-order valence-corrected chi connectivity index (χ0v) is 14.6. The smallest absolute Gasteiger partial charge is 0.253 e. The zero-order chi connectivity index (χ0) is 16.6. The Balaban J connectivity index is 1.83. The number of imidazole rings is 1. The van der Waals surface area contributed by atoms with Crippen LogP contribution >= 0.6 is 11.3 Å². The Morgan fingerprint density at radius 2 is 2.04 bits per heavy atom. The number of carbonyl (C=O) groups is 1. The molecule has 0 bridgehead atoms. The van der Waals surface area contributed by atoms with Crippen molar-refractivity contribution in [1.29, 1.82) is 0 Å². The fourth-order valence-electron chi connectivity index (χ4n) is 2.48. The second kappa shape index (κ2) is 6.12. The highest BCUT2D eigenvalue weighted by atomic mass is 32.1. The molecule has 6 heteroatoms. The lowest BCUT2D eigenvalue weighted by atomic mass is 10.2. The monoisotopic (exact) mass is 328 g/mol. The van der Waals surface area contributed by atoms with Crippen LogP contribution in [0.1, 0.15) is 51.0 Å². The molecule has 0 spiro atoms. The van der Waals surface area contributed by atoms with Crippen LogP contribution in [0.2, 0.25) is 0 Å². The van der Waals surface area contributed by atoms with Crippen LogP contribution in [0.15, 0.2) is 24.5 Å². The van der Waals surface area contributed by atoms with Crippen molar-refractivity contribution in [2.24, 2.45) is 0 Å². The third-order valence-corrected chi connectivity index (χ3v) is 5.08. The maximum absolute atomic E-state index is 12.6. The van der Waals surface area contributed by atoms with Crippen LogP contribution in [-0.2, 0) is 0 Å². The summed E-state index contributed by atoms with van der Waals surface area (Å²) < 4.78 is 1.88. The van der Waals surface area contributed by atoms with E-state index in [1.807, 2.05) is 42.8 Å². The number of aromatic nitrogens is 3. The highest BCUT2D eigenvalue weighted by molar-refractivity contribution is 7.11. The van der Waals surface area contributed by atoms with Crippen LogP contribution in [-0.4, -0.2) is 20.3 Å². The van der Waals surface area contributed by atoms with E-state index in [-0.39, 0.29) is 11.9 Å². The number of nitrogens with zero attached hydrogens (tertiary/aromatic N) is 3. The van der Waals surface area contributed by atoms with Gasteiger partial charge in [0.25, 0.3) is 5.91 Å². The van der Waals surface area contributed by atoms with Gasteiger partial charge in [-0.2, -0.15) is 0 Å². The van der Waals surface area contributed by atoms with Gasteiger partial charge in [-0.15, -0.1) is 11.3 Å². The molecule has 0 aliphatic carbocycles. The standard InChI is InChI=1S/C17H20N4OS/c1-5-14(17-19-11(3)12(4)23-17)20-16(22)13-6-7-15-18-10(2)8-21(15)9-13/h6-9,14H,5H2,1-4H3,(H,20,22)/t14-/m1/s1. The Morgan fingerprint density at radius 1 is 1.26 bits per heavy atom. The van der Waals surface area contributed by atoms with E-state index < -0.39 is 0 Å². The molecule has 0 aliphatic heterocycles. The number of thiazole rings is 1. The lowest BCUT2D eigenvalue weighted by molar-refractivity contribution is 0.0935. The van der Waals surface area contributed by atoms with E-state index in [0.29, 0.717) is 5.56 Å². The first-order valence-electron chi connectivity index (χ1n) is 7.68. The number of hydrogen-bond donors (Lipinski definition) is 1. The van der Waals surface area contributed by atoms with Crippen molar-refractivity contribution in [3.8, 4) is 0 Å². The summed E-state index contributed by atoms with van der Waals surface area (Å²) in [7, 11) is 0. The predicted molar refractivity (Wildman–Crippen MR) is 92.0 cm³/mol. The molecule has 3 aromatic rings. The molecule has 0 aliphatic rings. The van der Waals surface area contributed by atoms with Crippen molar-refractivity contribution < 1.29 is 4.79 Å². The summed E-state index contributed by atoms with van der Waals surface area (Å²) in [4.78, 5) is 22.7. The summed E-state index contributed by atoms with van der Waals surface area (Å²) >= 11 is 1.65. The number of carbonyl (C=O) groups excluding carboxylic acids is 1. The molecule has 1 amide bonds. The van der Waals surface area contributed by atoms with E-state index in [1.54, 1.807) is 11.3 Å². The topological polar surface area (TPSA) is 59.3 Å². The molecule has 0 saturated carbocycles. The van der Waals surface area contributed by atoms with Gasteiger partial charge in [0.1, 0.15) is 10.7 Å². The fraction of sp³-hybridized carbons (Fsp3) is 0.353. The van der Waals surface area contributed by atoms with Crippen molar-refractivity contribution in [3.63, 3.8) is 0 Å². The largest absolute Gasteiger partial charge is 0.343 e. The number of nitrogens with one attached hydrogen (secondary N) is 1. The van der Waals surface area contributed by atoms with Gasteiger partial charge in [-0.1, -0.05) is 6.92 Å².